The van der Waals surface area contributed by atoms with Crippen molar-refractivity contribution in [2.45, 2.75) is 4.21 Å². The molecule has 0 aliphatic heterocycles. The molecular formula is C10H4Br2Cl2O3S2. The second kappa shape index (κ2) is 5.91. The largest absolute Gasteiger partial charge is 0.375 e. The Bertz CT molecular complexity index is 689. The first-order valence-corrected chi connectivity index (χ1v) is 9.21. The third kappa shape index (κ3) is 3.46. The summed E-state index contributed by atoms with van der Waals surface area (Å²) in [4.78, 5) is 0. The maximum Gasteiger partial charge on any atom is 0.348 e. The summed E-state index contributed by atoms with van der Waals surface area (Å²) >= 11 is 19.2. The first kappa shape index (κ1) is 15.6. The van der Waals surface area contributed by atoms with E-state index in [4.69, 9.17) is 27.4 Å². The second-order valence-electron chi connectivity index (χ2n) is 3.28. The Morgan fingerprint density at radius 3 is 2.21 bits per heavy atom. The predicted octanol–water partition coefficient (Wildman–Crippen LogP) is 5.35. The molecule has 0 radical (unpaired) electrons. The Morgan fingerprint density at radius 1 is 1.16 bits per heavy atom. The first-order valence-electron chi connectivity index (χ1n) is 4.64. The van der Waals surface area contributed by atoms with Gasteiger partial charge in [0.05, 0.1) is 13.8 Å². The highest BCUT2D eigenvalue weighted by Gasteiger charge is 2.23. The van der Waals surface area contributed by atoms with E-state index in [0.717, 1.165) is 11.3 Å². The normalized spacial score (nSPS) is 11.6. The van der Waals surface area contributed by atoms with Crippen LogP contribution in [0.3, 0.4) is 0 Å². The number of hydrogen-bond donors (Lipinski definition) is 0. The molecule has 0 fully saturated rings. The third-order valence-electron chi connectivity index (χ3n) is 1.98. The van der Waals surface area contributed by atoms with Gasteiger partial charge >= 0.3 is 10.1 Å². The van der Waals surface area contributed by atoms with Gasteiger partial charge in [0.25, 0.3) is 0 Å². The molecule has 0 aliphatic rings. The van der Waals surface area contributed by atoms with Gasteiger partial charge in [-0.25, -0.2) is 0 Å². The van der Waals surface area contributed by atoms with Gasteiger partial charge in [-0.3, -0.25) is 0 Å². The lowest BCUT2D eigenvalue weighted by molar-refractivity contribution is 0.488. The molecular weight excluding hydrogens is 463 g/mol. The van der Waals surface area contributed by atoms with Crippen molar-refractivity contribution < 1.29 is 12.6 Å². The summed E-state index contributed by atoms with van der Waals surface area (Å²) < 4.78 is 30.5. The molecule has 1 aromatic heterocycles. The van der Waals surface area contributed by atoms with E-state index in [-0.39, 0.29) is 20.0 Å². The van der Waals surface area contributed by atoms with Crippen LogP contribution in [-0.4, -0.2) is 8.42 Å². The van der Waals surface area contributed by atoms with Crippen LogP contribution < -0.4 is 4.18 Å². The van der Waals surface area contributed by atoms with Gasteiger partial charge in [-0.1, -0.05) is 29.3 Å². The molecule has 0 bridgehead atoms. The van der Waals surface area contributed by atoms with Crippen LogP contribution in [0.25, 0.3) is 0 Å². The van der Waals surface area contributed by atoms with Gasteiger partial charge in [-0.2, -0.15) is 8.42 Å². The molecule has 0 atom stereocenters. The Hall–Kier alpha value is 0.210. The fourth-order valence-electron chi connectivity index (χ4n) is 1.16. The van der Waals surface area contributed by atoms with Crippen LogP contribution in [0.5, 0.6) is 5.75 Å². The molecule has 0 amide bonds. The maximum atomic E-state index is 12.1. The fourth-order valence-corrected chi connectivity index (χ4v) is 5.48. The molecule has 0 saturated heterocycles. The van der Waals surface area contributed by atoms with E-state index in [9.17, 15) is 8.42 Å². The lowest BCUT2D eigenvalue weighted by Gasteiger charge is -2.08. The van der Waals surface area contributed by atoms with E-state index in [1.54, 1.807) is 6.07 Å². The fraction of sp³-hybridized carbons (Fsp3) is 0. The minimum Gasteiger partial charge on any atom is -0.375 e. The van der Waals surface area contributed by atoms with Gasteiger partial charge in [0.2, 0.25) is 0 Å². The third-order valence-corrected chi connectivity index (χ3v) is 7.49. The van der Waals surface area contributed by atoms with E-state index in [1.165, 1.54) is 18.2 Å². The second-order valence-corrected chi connectivity index (χ2v) is 9.09. The highest BCUT2D eigenvalue weighted by atomic mass is 79.9. The molecule has 1 heterocycles. The van der Waals surface area contributed by atoms with Crippen LogP contribution >= 0.6 is 66.4 Å². The van der Waals surface area contributed by atoms with Crippen molar-refractivity contribution in [1.29, 1.82) is 0 Å². The summed E-state index contributed by atoms with van der Waals surface area (Å²) in [5.41, 5.74) is 0. The molecule has 1 aromatic carbocycles. The van der Waals surface area contributed by atoms with Gasteiger partial charge in [0.1, 0.15) is 0 Å². The van der Waals surface area contributed by atoms with Crippen LogP contribution in [0.4, 0.5) is 0 Å². The van der Waals surface area contributed by atoms with Gasteiger partial charge in [-0.05, 0) is 50.1 Å². The Kier molecular flexibility index (Phi) is 4.85. The number of hydrogen-bond acceptors (Lipinski definition) is 4. The quantitative estimate of drug-likeness (QED) is 0.573. The predicted molar refractivity (Wildman–Crippen MR) is 84.0 cm³/mol. The molecule has 0 aliphatic carbocycles. The number of rotatable bonds is 3. The SMILES string of the molecule is O=S(=O)(Oc1c(Cl)cccc1Cl)c1cc(Br)c(Br)s1. The zero-order valence-electron chi connectivity index (χ0n) is 8.86. The van der Waals surface area contributed by atoms with Crippen molar-refractivity contribution >= 4 is 76.5 Å². The molecule has 3 nitrogen and oxygen atoms in total. The summed E-state index contributed by atoms with van der Waals surface area (Å²) in [5.74, 6) is -0.0773. The van der Waals surface area contributed by atoms with E-state index in [2.05, 4.69) is 31.9 Å². The van der Waals surface area contributed by atoms with E-state index in [0.29, 0.717) is 8.26 Å². The number of halogens is 4. The molecule has 2 aromatic rings. The highest BCUT2D eigenvalue weighted by molar-refractivity contribution is 9.13. The Labute approximate surface area is 140 Å². The zero-order chi connectivity index (χ0) is 14.2. The summed E-state index contributed by atoms with van der Waals surface area (Å²) in [7, 11) is -3.97. The lowest BCUT2D eigenvalue weighted by atomic mass is 10.3. The van der Waals surface area contributed by atoms with Crippen LogP contribution in [0.15, 0.2) is 36.7 Å². The molecule has 102 valence electrons. The van der Waals surface area contributed by atoms with Gasteiger partial charge in [0.15, 0.2) is 9.96 Å². The van der Waals surface area contributed by atoms with E-state index in [1.807, 2.05) is 0 Å². The van der Waals surface area contributed by atoms with Crippen molar-refractivity contribution in [2.24, 2.45) is 0 Å². The molecule has 9 heteroatoms. The average molecular weight is 467 g/mol. The smallest absolute Gasteiger partial charge is 0.348 e. The van der Waals surface area contributed by atoms with Crippen LogP contribution in [0, 0.1) is 0 Å². The molecule has 0 saturated carbocycles. The first-order chi connectivity index (χ1) is 8.81. The van der Waals surface area contributed by atoms with Gasteiger partial charge in [0, 0.05) is 4.47 Å². The summed E-state index contributed by atoms with van der Waals surface area (Å²) in [5, 5.41) is 0.261. The Morgan fingerprint density at radius 2 is 1.74 bits per heavy atom. The molecule has 0 unspecified atom stereocenters. The molecule has 19 heavy (non-hydrogen) atoms. The molecule has 2 rings (SSSR count). The molecule has 0 N–H and O–H groups in total. The number of thiophene rings is 1. The monoisotopic (exact) mass is 464 g/mol. The van der Waals surface area contributed by atoms with Crippen molar-refractivity contribution in [3.8, 4) is 5.75 Å². The van der Waals surface area contributed by atoms with Crippen molar-refractivity contribution in [3.63, 3.8) is 0 Å². The Balaban J connectivity index is 2.42. The van der Waals surface area contributed by atoms with Crippen molar-refractivity contribution in [2.75, 3.05) is 0 Å². The van der Waals surface area contributed by atoms with E-state index < -0.39 is 10.1 Å². The summed E-state index contributed by atoms with van der Waals surface area (Å²) in [6.07, 6.45) is 0. The van der Waals surface area contributed by atoms with Crippen molar-refractivity contribution in [3.05, 3.63) is 42.6 Å². The zero-order valence-corrected chi connectivity index (χ0v) is 15.2. The lowest BCUT2D eigenvalue weighted by Crippen LogP contribution is -2.08. The van der Waals surface area contributed by atoms with Crippen LogP contribution in [0.2, 0.25) is 10.0 Å². The number of para-hydroxylation sites is 1. The van der Waals surface area contributed by atoms with Crippen LogP contribution in [0.1, 0.15) is 0 Å². The maximum absolute atomic E-state index is 12.1. The van der Waals surface area contributed by atoms with E-state index >= 15 is 0 Å². The number of benzene rings is 1. The van der Waals surface area contributed by atoms with Gasteiger partial charge < -0.3 is 4.18 Å². The minimum absolute atomic E-state index is 0.0437. The highest BCUT2D eigenvalue weighted by Crippen LogP contribution is 2.38. The standard InChI is InChI=1S/C10H4Br2Cl2O3S2/c11-5-4-8(18-10(5)12)19(15,16)17-9-6(13)2-1-3-7(9)14/h1-4H. The minimum atomic E-state index is -3.97. The van der Waals surface area contributed by atoms with Crippen LogP contribution in [-0.2, 0) is 10.1 Å². The van der Waals surface area contributed by atoms with Crippen molar-refractivity contribution in [1.82, 2.24) is 0 Å². The average Bonchev–Trinajstić information content (AvgIpc) is 2.66. The molecule has 0 spiro atoms. The van der Waals surface area contributed by atoms with Gasteiger partial charge in [-0.15, -0.1) is 11.3 Å². The summed E-state index contributed by atoms with van der Waals surface area (Å²) in [6.45, 7) is 0. The topological polar surface area (TPSA) is 43.4 Å². The summed E-state index contributed by atoms with van der Waals surface area (Å²) in [6, 6.07) is 6.04.